The van der Waals surface area contributed by atoms with Gasteiger partial charge in [-0.25, -0.2) is 15.2 Å². The first-order valence-electron chi connectivity index (χ1n) is 8.57. The van der Waals surface area contributed by atoms with Gasteiger partial charge in [-0.3, -0.25) is 0 Å². The quantitative estimate of drug-likeness (QED) is 0.639. The van der Waals surface area contributed by atoms with E-state index < -0.39 is 0 Å². The minimum absolute atomic E-state index is 0.358. The number of piperidine rings is 1. The summed E-state index contributed by atoms with van der Waals surface area (Å²) >= 11 is 0. The number of esters is 1. The fourth-order valence-corrected chi connectivity index (χ4v) is 4.01. The summed E-state index contributed by atoms with van der Waals surface area (Å²) < 4.78 is 4.83. The van der Waals surface area contributed by atoms with Crippen LogP contribution in [0, 0.1) is 0 Å². The van der Waals surface area contributed by atoms with Crippen LogP contribution in [0.2, 0.25) is 0 Å². The van der Waals surface area contributed by atoms with Gasteiger partial charge in [-0.2, -0.15) is 0 Å². The highest BCUT2D eigenvalue weighted by Crippen LogP contribution is 2.39. The molecule has 0 saturated carbocycles. The van der Waals surface area contributed by atoms with Gasteiger partial charge in [-0.15, -0.1) is 0 Å². The monoisotopic (exact) mass is 333 g/mol. The molecule has 0 atom stereocenters. The normalized spacial score (nSPS) is 20.4. The minimum atomic E-state index is -0.358. The molecule has 2 N–H and O–H groups in total. The van der Waals surface area contributed by atoms with Crippen LogP contribution in [0.5, 0.6) is 0 Å². The van der Waals surface area contributed by atoms with E-state index in [1.165, 1.54) is 26.5 Å². The fraction of sp³-hybridized carbons (Fsp3) is 0.647. The van der Waals surface area contributed by atoms with Crippen molar-refractivity contribution in [2.45, 2.75) is 31.2 Å². The number of anilines is 2. The van der Waals surface area contributed by atoms with Crippen molar-refractivity contribution < 1.29 is 9.53 Å². The summed E-state index contributed by atoms with van der Waals surface area (Å²) in [5, 5.41) is 0. The molecule has 0 amide bonds. The van der Waals surface area contributed by atoms with Crippen molar-refractivity contribution in [2.24, 2.45) is 0 Å². The maximum absolute atomic E-state index is 11.8. The van der Waals surface area contributed by atoms with E-state index in [1.807, 2.05) is 6.07 Å². The maximum atomic E-state index is 11.8. The van der Waals surface area contributed by atoms with Crippen molar-refractivity contribution in [3.05, 3.63) is 17.8 Å². The van der Waals surface area contributed by atoms with Gasteiger partial charge in [0.15, 0.2) is 5.82 Å². The second kappa shape index (κ2) is 6.94. The van der Waals surface area contributed by atoms with Crippen LogP contribution in [0.3, 0.4) is 0 Å². The molecule has 2 fully saturated rings. The predicted octanol–water partition coefficient (Wildman–Crippen LogP) is 1.48. The second-order valence-electron chi connectivity index (χ2n) is 6.69. The molecule has 0 bridgehead atoms. The SMILES string of the molecule is CNNc1ncc(C(=O)OC)cc1N1CCC2(CCCN2C)CC1. The lowest BCUT2D eigenvalue weighted by Crippen LogP contribution is -2.51. The zero-order valence-electron chi connectivity index (χ0n) is 14.8. The molecule has 3 heterocycles. The van der Waals surface area contributed by atoms with E-state index in [9.17, 15) is 4.79 Å². The summed E-state index contributed by atoms with van der Waals surface area (Å²) in [6, 6.07) is 1.87. The molecule has 1 spiro atoms. The molecule has 2 saturated heterocycles. The maximum Gasteiger partial charge on any atom is 0.339 e. The topological polar surface area (TPSA) is 69.7 Å². The Morgan fingerprint density at radius 3 is 2.62 bits per heavy atom. The number of nitrogens with zero attached hydrogens (tertiary/aromatic N) is 3. The molecule has 0 aliphatic carbocycles. The van der Waals surface area contributed by atoms with Crippen LogP contribution in [-0.4, -0.2) is 62.2 Å². The molecule has 3 rings (SSSR count). The molecule has 7 heteroatoms. The number of likely N-dealkylation sites (tertiary alicyclic amines) is 1. The van der Waals surface area contributed by atoms with Crippen molar-refractivity contribution >= 4 is 17.5 Å². The van der Waals surface area contributed by atoms with Gasteiger partial charge >= 0.3 is 5.97 Å². The lowest BCUT2D eigenvalue weighted by Gasteiger charge is -2.44. The number of methoxy groups -OCH3 is 1. The van der Waals surface area contributed by atoms with Crippen LogP contribution in [0.4, 0.5) is 11.5 Å². The average molecular weight is 333 g/mol. The number of hydrogen-bond acceptors (Lipinski definition) is 7. The Balaban J connectivity index is 1.81. The van der Waals surface area contributed by atoms with Gasteiger partial charge in [-0.05, 0) is 45.3 Å². The number of nitrogens with one attached hydrogen (secondary N) is 2. The smallest absolute Gasteiger partial charge is 0.339 e. The molecule has 1 aromatic rings. The molecule has 1 aromatic heterocycles. The third-order valence-electron chi connectivity index (χ3n) is 5.51. The van der Waals surface area contributed by atoms with Gasteiger partial charge in [0.2, 0.25) is 0 Å². The van der Waals surface area contributed by atoms with E-state index in [0.29, 0.717) is 11.1 Å². The predicted molar refractivity (Wildman–Crippen MR) is 94.3 cm³/mol. The third kappa shape index (κ3) is 3.06. The molecule has 24 heavy (non-hydrogen) atoms. The molecule has 0 unspecified atom stereocenters. The molecule has 2 aliphatic rings. The van der Waals surface area contributed by atoms with Crippen molar-refractivity contribution in [2.75, 3.05) is 51.2 Å². The first-order valence-corrected chi connectivity index (χ1v) is 8.57. The van der Waals surface area contributed by atoms with Gasteiger partial charge in [0.25, 0.3) is 0 Å². The molecule has 2 aliphatic heterocycles. The van der Waals surface area contributed by atoms with Gasteiger partial charge in [-0.1, -0.05) is 0 Å². The highest BCUT2D eigenvalue weighted by molar-refractivity contribution is 5.91. The van der Waals surface area contributed by atoms with Crippen LogP contribution < -0.4 is 15.8 Å². The highest BCUT2D eigenvalue weighted by Gasteiger charge is 2.41. The summed E-state index contributed by atoms with van der Waals surface area (Å²) in [5.74, 6) is 0.379. The fourth-order valence-electron chi connectivity index (χ4n) is 4.01. The summed E-state index contributed by atoms with van der Waals surface area (Å²) in [6.45, 7) is 3.13. The van der Waals surface area contributed by atoms with Crippen LogP contribution in [0.1, 0.15) is 36.0 Å². The zero-order valence-corrected chi connectivity index (χ0v) is 14.8. The largest absolute Gasteiger partial charge is 0.465 e. The van der Waals surface area contributed by atoms with E-state index in [-0.39, 0.29) is 5.97 Å². The standard InChI is InChI=1S/C17H27N5O2/c1-18-20-15-14(11-13(12-19-15)16(23)24-3)22-9-6-17(7-10-22)5-4-8-21(17)2/h11-12,18H,4-10H2,1-3H3,(H,19,20). The summed E-state index contributed by atoms with van der Waals surface area (Å²) in [4.78, 5) is 21.1. The number of hydrogen-bond donors (Lipinski definition) is 2. The molecule has 0 aromatic carbocycles. The zero-order chi connectivity index (χ0) is 17.2. The van der Waals surface area contributed by atoms with Gasteiger partial charge in [0.1, 0.15) is 0 Å². The molecule has 132 valence electrons. The highest BCUT2D eigenvalue weighted by atomic mass is 16.5. The third-order valence-corrected chi connectivity index (χ3v) is 5.51. The number of aromatic nitrogens is 1. The van der Waals surface area contributed by atoms with E-state index in [0.717, 1.165) is 37.4 Å². The van der Waals surface area contributed by atoms with Crippen LogP contribution in [0.15, 0.2) is 12.3 Å². The van der Waals surface area contributed by atoms with E-state index in [2.05, 4.69) is 32.7 Å². The Morgan fingerprint density at radius 2 is 2.04 bits per heavy atom. The molecule has 0 radical (unpaired) electrons. The second-order valence-corrected chi connectivity index (χ2v) is 6.69. The van der Waals surface area contributed by atoms with Crippen molar-refractivity contribution in [1.29, 1.82) is 0 Å². The summed E-state index contributed by atoms with van der Waals surface area (Å²) in [7, 11) is 5.44. The number of pyridine rings is 1. The van der Waals surface area contributed by atoms with Gasteiger partial charge in [0, 0.05) is 31.9 Å². The van der Waals surface area contributed by atoms with Crippen LogP contribution >= 0.6 is 0 Å². The Kier molecular flexibility index (Phi) is 4.91. The van der Waals surface area contributed by atoms with Crippen LogP contribution in [0.25, 0.3) is 0 Å². The van der Waals surface area contributed by atoms with Gasteiger partial charge in [0.05, 0.1) is 18.4 Å². The minimum Gasteiger partial charge on any atom is -0.465 e. The summed E-state index contributed by atoms with van der Waals surface area (Å²) in [5.41, 5.74) is 7.77. The molecule has 7 nitrogen and oxygen atoms in total. The van der Waals surface area contributed by atoms with E-state index in [4.69, 9.17) is 4.74 Å². The average Bonchev–Trinajstić information content (AvgIpc) is 2.96. The Labute approximate surface area is 143 Å². The van der Waals surface area contributed by atoms with Crippen LogP contribution in [-0.2, 0) is 4.74 Å². The first-order chi connectivity index (χ1) is 11.6. The van der Waals surface area contributed by atoms with Crippen molar-refractivity contribution in [3.8, 4) is 0 Å². The number of ether oxygens (including phenoxy) is 1. The molecular weight excluding hydrogens is 306 g/mol. The Hall–Kier alpha value is -1.86. The number of carbonyl (C=O) groups excluding carboxylic acids is 1. The number of rotatable bonds is 4. The first kappa shape index (κ1) is 17.0. The Bertz CT molecular complexity index is 599. The van der Waals surface area contributed by atoms with E-state index in [1.54, 1.807) is 13.2 Å². The molecular formula is C17H27N5O2. The number of carbonyl (C=O) groups is 1. The Morgan fingerprint density at radius 1 is 1.29 bits per heavy atom. The van der Waals surface area contributed by atoms with Gasteiger partial charge < -0.3 is 20.0 Å². The lowest BCUT2D eigenvalue weighted by atomic mass is 9.85. The van der Waals surface area contributed by atoms with E-state index >= 15 is 0 Å². The van der Waals surface area contributed by atoms with Crippen molar-refractivity contribution in [3.63, 3.8) is 0 Å². The lowest BCUT2D eigenvalue weighted by molar-refractivity contribution is 0.0600. The number of hydrazine groups is 1. The summed E-state index contributed by atoms with van der Waals surface area (Å²) in [6.07, 6.45) is 6.42. The van der Waals surface area contributed by atoms with Crippen molar-refractivity contribution in [1.82, 2.24) is 15.3 Å².